The first-order chi connectivity index (χ1) is 10.2. The Morgan fingerprint density at radius 2 is 1.62 bits per heavy atom. The molecule has 0 saturated carbocycles. The smallest absolute Gasteiger partial charge is 0.335 e. The average molecular weight is 300 g/mol. The van der Waals surface area contributed by atoms with E-state index in [4.69, 9.17) is 24.4 Å². The van der Waals surface area contributed by atoms with Gasteiger partial charge in [-0.2, -0.15) is 0 Å². The molecule has 0 atom stereocenters. The van der Waals surface area contributed by atoms with Crippen molar-refractivity contribution in [1.29, 1.82) is 0 Å². The summed E-state index contributed by atoms with van der Waals surface area (Å²) in [5.74, 6) is -0.879. The van der Waals surface area contributed by atoms with Crippen LogP contribution in [0.2, 0.25) is 0 Å². The first-order valence-corrected chi connectivity index (χ1v) is 6.84. The van der Waals surface area contributed by atoms with Crippen molar-refractivity contribution in [3.8, 4) is 0 Å². The number of hydrogen-bond acceptors (Lipinski definition) is 5. The van der Waals surface area contributed by atoms with Crippen molar-refractivity contribution in [2.45, 2.75) is 13.3 Å². The number of benzene rings is 1. The molecule has 0 saturated heterocycles. The van der Waals surface area contributed by atoms with Crippen LogP contribution in [0.3, 0.4) is 0 Å². The summed E-state index contributed by atoms with van der Waals surface area (Å²) in [4.78, 5) is 10.2. The molecular weight excluding hydrogens is 276 g/mol. The lowest BCUT2D eigenvalue weighted by molar-refractivity contribution is -0.0705. The van der Waals surface area contributed by atoms with Gasteiger partial charge in [0.25, 0.3) is 0 Å². The number of aliphatic hydroxyl groups excluding tert-OH is 1. The molecule has 0 spiro atoms. The lowest BCUT2D eigenvalue weighted by atomic mass is 10.2. The number of carbonyl (C=O) groups is 1. The van der Waals surface area contributed by atoms with E-state index in [2.05, 4.69) is 0 Å². The van der Waals surface area contributed by atoms with Crippen molar-refractivity contribution in [2.24, 2.45) is 0 Å². The highest BCUT2D eigenvalue weighted by Crippen LogP contribution is 1.96. The molecule has 6 nitrogen and oxygen atoms in total. The summed E-state index contributed by atoms with van der Waals surface area (Å²) in [7, 11) is 0. The largest absolute Gasteiger partial charge is 0.478 e. The Morgan fingerprint density at radius 1 is 1.00 bits per heavy atom. The molecule has 2 N–H and O–H groups in total. The van der Waals surface area contributed by atoms with Gasteiger partial charge in [-0.25, -0.2) is 4.79 Å². The number of hydrogen-bond donors (Lipinski definition) is 2. The van der Waals surface area contributed by atoms with E-state index in [-0.39, 0.29) is 6.61 Å². The van der Waals surface area contributed by atoms with Gasteiger partial charge in [-0.05, 0) is 18.6 Å². The summed E-state index contributed by atoms with van der Waals surface area (Å²) >= 11 is 0. The number of carboxylic acids is 1. The highest BCUT2D eigenvalue weighted by Gasteiger charge is 1.96. The van der Waals surface area contributed by atoms with Crippen LogP contribution in [0.25, 0.3) is 0 Å². The quantitative estimate of drug-likeness (QED) is 0.506. The van der Waals surface area contributed by atoms with Crippen molar-refractivity contribution < 1.29 is 29.2 Å². The van der Waals surface area contributed by atoms with Gasteiger partial charge in [0, 0.05) is 6.61 Å². The van der Waals surface area contributed by atoms with E-state index in [1.807, 2.05) is 6.92 Å². The van der Waals surface area contributed by atoms with Gasteiger partial charge in [0.05, 0.1) is 32.0 Å². The van der Waals surface area contributed by atoms with E-state index in [9.17, 15) is 4.79 Å². The third-order valence-corrected chi connectivity index (χ3v) is 2.14. The molecule has 21 heavy (non-hydrogen) atoms. The number of rotatable bonds is 10. The summed E-state index contributed by atoms with van der Waals surface area (Å²) in [6, 6.07) is 8.30. The first-order valence-electron chi connectivity index (χ1n) is 6.84. The zero-order valence-corrected chi connectivity index (χ0v) is 12.4. The molecule has 0 heterocycles. The summed E-state index contributed by atoms with van der Waals surface area (Å²) in [5, 5.41) is 16.7. The molecule has 1 aromatic rings. The van der Waals surface area contributed by atoms with Crippen LogP contribution in [0.5, 0.6) is 0 Å². The fourth-order valence-electron chi connectivity index (χ4n) is 1.19. The maximum atomic E-state index is 10.2. The summed E-state index contributed by atoms with van der Waals surface area (Å²) in [6.45, 7) is 4.57. The van der Waals surface area contributed by atoms with Gasteiger partial charge in [-0.3, -0.25) is 0 Å². The van der Waals surface area contributed by atoms with Crippen molar-refractivity contribution in [1.82, 2.24) is 0 Å². The highest BCUT2D eigenvalue weighted by atomic mass is 16.7. The lowest BCUT2D eigenvalue weighted by Crippen LogP contribution is -2.09. The zero-order valence-electron chi connectivity index (χ0n) is 12.4. The number of aromatic carboxylic acids is 1. The molecule has 1 aromatic carbocycles. The molecule has 1 rings (SSSR count). The highest BCUT2D eigenvalue weighted by molar-refractivity contribution is 5.87. The summed E-state index contributed by atoms with van der Waals surface area (Å²) in [5.41, 5.74) is 0.331. The maximum absolute atomic E-state index is 10.2. The zero-order chi connectivity index (χ0) is 15.8. The van der Waals surface area contributed by atoms with E-state index in [0.29, 0.717) is 32.2 Å². The van der Waals surface area contributed by atoms with Crippen LogP contribution in [-0.4, -0.2) is 56.0 Å². The molecule has 0 radical (unpaired) electrons. The van der Waals surface area contributed by atoms with Crippen LogP contribution in [-0.2, 0) is 14.2 Å². The second kappa shape index (κ2) is 14.9. The standard InChI is InChI=1S/C8H18O4.C7H6O2/c1-2-4-11-8-12-7-6-10-5-3-9;8-7(9)6-4-2-1-3-5-6/h9H,2-8H2,1H3;1-5H,(H,8,9). The van der Waals surface area contributed by atoms with Crippen LogP contribution in [0.1, 0.15) is 23.7 Å². The van der Waals surface area contributed by atoms with Crippen molar-refractivity contribution in [2.75, 3.05) is 39.8 Å². The van der Waals surface area contributed by atoms with Crippen LogP contribution in [0.15, 0.2) is 30.3 Å². The molecule has 6 heteroatoms. The third-order valence-electron chi connectivity index (χ3n) is 2.14. The number of aliphatic hydroxyl groups is 1. The van der Waals surface area contributed by atoms with E-state index in [0.717, 1.165) is 13.0 Å². The molecular formula is C15H24O6. The molecule has 120 valence electrons. The molecule has 0 aliphatic carbocycles. The average Bonchev–Trinajstić information content (AvgIpc) is 2.51. The Hall–Kier alpha value is -1.47. The van der Waals surface area contributed by atoms with E-state index >= 15 is 0 Å². The van der Waals surface area contributed by atoms with Gasteiger partial charge in [-0.15, -0.1) is 0 Å². The summed E-state index contributed by atoms with van der Waals surface area (Å²) in [6.07, 6.45) is 1.00. The monoisotopic (exact) mass is 300 g/mol. The Bertz CT molecular complexity index is 331. The van der Waals surface area contributed by atoms with Gasteiger partial charge in [0.15, 0.2) is 0 Å². The van der Waals surface area contributed by atoms with Crippen LogP contribution in [0.4, 0.5) is 0 Å². The second-order valence-corrected chi connectivity index (χ2v) is 3.94. The van der Waals surface area contributed by atoms with Crippen molar-refractivity contribution in [3.05, 3.63) is 35.9 Å². The minimum Gasteiger partial charge on any atom is -0.478 e. The minimum atomic E-state index is -0.879. The molecule has 0 unspecified atom stereocenters. The lowest BCUT2D eigenvalue weighted by Gasteiger charge is -2.04. The second-order valence-electron chi connectivity index (χ2n) is 3.94. The van der Waals surface area contributed by atoms with E-state index < -0.39 is 5.97 Å². The first kappa shape index (κ1) is 19.5. The van der Waals surface area contributed by atoms with Gasteiger partial charge < -0.3 is 24.4 Å². The van der Waals surface area contributed by atoms with Crippen LogP contribution >= 0.6 is 0 Å². The number of ether oxygens (including phenoxy) is 3. The van der Waals surface area contributed by atoms with Gasteiger partial charge in [0.2, 0.25) is 0 Å². The predicted octanol–water partition coefficient (Wildman–Crippen LogP) is 1.78. The predicted molar refractivity (Wildman–Crippen MR) is 78.4 cm³/mol. The Morgan fingerprint density at radius 3 is 2.14 bits per heavy atom. The molecule has 0 aromatic heterocycles. The summed E-state index contributed by atoms with van der Waals surface area (Å²) < 4.78 is 15.1. The normalized spacial score (nSPS) is 9.81. The Labute approximate surface area is 125 Å². The SMILES string of the molecule is CCCOCOCCOCCO.O=C(O)c1ccccc1. The van der Waals surface area contributed by atoms with E-state index in [1.165, 1.54) is 0 Å². The minimum absolute atomic E-state index is 0.0618. The molecule has 0 bridgehead atoms. The maximum Gasteiger partial charge on any atom is 0.335 e. The van der Waals surface area contributed by atoms with Crippen LogP contribution in [0, 0.1) is 0 Å². The Balaban J connectivity index is 0.000000394. The van der Waals surface area contributed by atoms with Crippen molar-refractivity contribution in [3.63, 3.8) is 0 Å². The van der Waals surface area contributed by atoms with Crippen molar-refractivity contribution >= 4 is 5.97 Å². The fourth-order valence-corrected chi connectivity index (χ4v) is 1.19. The molecule has 0 aliphatic heterocycles. The number of carboxylic acid groups (broad SMARTS) is 1. The molecule has 0 amide bonds. The van der Waals surface area contributed by atoms with Crippen LogP contribution < -0.4 is 0 Å². The molecule has 0 aliphatic rings. The fraction of sp³-hybridized carbons (Fsp3) is 0.533. The van der Waals surface area contributed by atoms with Gasteiger partial charge in [-0.1, -0.05) is 25.1 Å². The topological polar surface area (TPSA) is 85.2 Å². The van der Waals surface area contributed by atoms with Gasteiger partial charge >= 0.3 is 5.97 Å². The third kappa shape index (κ3) is 13.3. The van der Waals surface area contributed by atoms with E-state index in [1.54, 1.807) is 30.3 Å². The molecule has 0 fully saturated rings. The Kier molecular flexibility index (Phi) is 13.9. The van der Waals surface area contributed by atoms with Gasteiger partial charge in [0.1, 0.15) is 6.79 Å².